The highest BCUT2D eigenvalue weighted by molar-refractivity contribution is 5.95. The number of carbonyl (C=O) groups is 2. The Balaban J connectivity index is 0.00000243. The minimum atomic E-state index is -0.145. The van der Waals surface area contributed by atoms with Crippen molar-refractivity contribution in [3.8, 4) is 5.75 Å². The molecule has 1 aliphatic carbocycles. The Morgan fingerprint density at radius 1 is 1.19 bits per heavy atom. The van der Waals surface area contributed by atoms with Crippen LogP contribution in [0, 0.1) is 5.92 Å². The number of nitrogens with one attached hydrogen (secondary N) is 3. The molecule has 0 bridgehead atoms. The van der Waals surface area contributed by atoms with E-state index in [-0.39, 0.29) is 36.9 Å². The molecule has 1 aromatic rings. The highest BCUT2D eigenvalue weighted by atomic mass is 35.5. The maximum atomic E-state index is 12.5. The zero-order valence-corrected chi connectivity index (χ0v) is 15.9. The summed E-state index contributed by atoms with van der Waals surface area (Å²) >= 11 is 0. The Morgan fingerprint density at radius 2 is 1.92 bits per heavy atom. The second-order valence-corrected chi connectivity index (χ2v) is 6.86. The Labute approximate surface area is 160 Å². The van der Waals surface area contributed by atoms with Gasteiger partial charge in [-0.15, -0.1) is 12.4 Å². The molecule has 2 amide bonds. The average Bonchev–Trinajstić information content (AvgIpc) is 3.06. The van der Waals surface area contributed by atoms with E-state index in [1.165, 1.54) is 25.7 Å². The van der Waals surface area contributed by atoms with Crippen molar-refractivity contribution < 1.29 is 14.3 Å². The summed E-state index contributed by atoms with van der Waals surface area (Å²) in [6, 6.07) is 7.53. The summed E-state index contributed by atoms with van der Waals surface area (Å²) in [5.41, 5.74) is 0.743. The minimum Gasteiger partial charge on any atom is -0.484 e. The van der Waals surface area contributed by atoms with Crippen molar-refractivity contribution in [3.05, 3.63) is 24.3 Å². The number of rotatable bonds is 6. The maximum absolute atomic E-state index is 12.5. The van der Waals surface area contributed by atoms with Gasteiger partial charge >= 0.3 is 0 Å². The third-order valence-electron chi connectivity index (χ3n) is 5.05. The van der Waals surface area contributed by atoms with Gasteiger partial charge in [0.05, 0.1) is 6.04 Å². The molecule has 1 aliphatic heterocycles. The molecule has 1 saturated carbocycles. The molecule has 6 nitrogen and oxygen atoms in total. The summed E-state index contributed by atoms with van der Waals surface area (Å²) in [7, 11) is 0. The predicted molar refractivity (Wildman–Crippen MR) is 104 cm³/mol. The number of hydrogen-bond acceptors (Lipinski definition) is 4. The zero-order valence-electron chi connectivity index (χ0n) is 15.1. The lowest BCUT2D eigenvalue weighted by atomic mass is 9.85. The third-order valence-corrected chi connectivity index (χ3v) is 5.05. The molecule has 0 spiro atoms. The van der Waals surface area contributed by atoms with Crippen LogP contribution in [-0.2, 0) is 9.59 Å². The first-order chi connectivity index (χ1) is 12.2. The van der Waals surface area contributed by atoms with Gasteiger partial charge in [0.15, 0.2) is 6.61 Å². The summed E-state index contributed by atoms with van der Waals surface area (Å²) in [6.07, 6.45) is 5.91. The molecule has 3 atom stereocenters. The van der Waals surface area contributed by atoms with E-state index < -0.39 is 0 Å². The highest BCUT2D eigenvalue weighted by Gasteiger charge is 2.38. The van der Waals surface area contributed by atoms with E-state index >= 15 is 0 Å². The highest BCUT2D eigenvalue weighted by Crippen LogP contribution is 2.33. The van der Waals surface area contributed by atoms with Gasteiger partial charge in [0.1, 0.15) is 5.75 Å². The predicted octanol–water partition coefficient (Wildman–Crippen LogP) is 2.48. The van der Waals surface area contributed by atoms with Crippen molar-refractivity contribution in [2.24, 2.45) is 5.92 Å². The standard InChI is InChI=1S/C19H27N3O3.ClH/c1-2-20-18(23)12-25-15-9-7-14(8-10-15)21-19(24)17-11-13-5-3-4-6-16(13)22-17;/h7-10,13,16-17,22H,2-6,11-12H2,1H3,(H,20,23)(H,21,24);1H. The monoisotopic (exact) mass is 381 g/mol. The first-order valence-electron chi connectivity index (χ1n) is 9.22. The molecule has 2 aliphatic rings. The number of ether oxygens (including phenoxy) is 1. The topological polar surface area (TPSA) is 79.5 Å². The van der Waals surface area contributed by atoms with E-state index in [2.05, 4.69) is 16.0 Å². The largest absolute Gasteiger partial charge is 0.484 e. The van der Waals surface area contributed by atoms with Crippen LogP contribution in [0.2, 0.25) is 0 Å². The fraction of sp³-hybridized carbons (Fsp3) is 0.579. The summed E-state index contributed by atoms with van der Waals surface area (Å²) in [4.78, 5) is 23.9. The number of hydrogen-bond donors (Lipinski definition) is 3. The lowest BCUT2D eigenvalue weighted by Gasteiger charge is -2.24. The van der Waals surface area contributed by atoms with Crippen LogP contribution in [0.4, 0.5) is 5.69 Å². The number of amides is 2. The molecule has 2 fully saturated rings. The van der Waals surface area contributed by atoms with Crippen molar-refractivity contribution >= 4 is 29.9 Å². The Kier molecular flexibility index (Phi) is 7.72. The van der Waals surface area contributed by atoms with Gasteiger partial charge in [0, 0.05) is 18.3 Å². The Hall–Kier alpha value is -1.79. The molecule has 26 heavy (non-hydrogen) atoms. The van der Waals surface area contributed by atoms with Crippen LogP contribution in [-0.4, -0.2) is 37.0 Å². The first-order valence-corrected chi connectivity index (χ1v) is 9.22. The van der Waals surface area contributed by atoms with Crippen LogP contribution in [0.15, 0.2) is 24.3 Å². The smallest absolute Gasteiger partial charge is 0.257 e. The minimum absolute atomic E-state index is 0. The SMILES string of the molecule is CCNC(=O)COc1ccc(NC(=O)C2CC3CCCCC3N2)cc1.Cl. The molecule has 1 heterocycles. The maximum Gasteiger partial charge on any atom is 0.257 e. The molecule has 0 radical (unpaired) electrons. The second-order valence-electron chi connectivity index (χ2n) is 6.86. The van der Waals surface area contributed by atoms with Crippen LogP contribution in [0.25, 0.3) is 0 Å². The summed E-state index contributed by atoms with van der Waals surface area (Å²) in [5.74, 6) is 1.14. The molecular formula is C19H28ClN3O3. The number of halogens is 1. The average molecular weight is 382 g/mol. The number of anilines is 1. The van der Waals surface area contributed by atoms with Crippen LogP contribution in [0.1, 0.15) is 39.0 Å². The van der Waals surface area contributed by atoms with Crippen LogP contribution in [0.5, 0.6) is 5.75 Å². The molecule has 1 aromatic carbocycles. The van der Waals surface area contributed by atoms with Gasteiger partial charge in [0.2, 0.25) is 5.91 Å². The van der Waals surface area contributed by atoms with E-state index in [0.29, 0.717) is 24.3 Å². The normalized spacial score (nSPS) is 24.1. The lowest BCUT2D eigenvalue weighted by Crippen LogP contribution is -2.39. The fourth-order valence-electron chi connectivity index (χ4n) is 3.78. The van der Waals surface area contributed by atoms with Crippen molar-refractivity contribution in [1.29, 1.82) is 0 Å². The lowest BCUT2D eigenvalue weighted by molar-refractivity contribution is -0.123. The van der Waals surface area contributed by atoms with Gasteiger partial charge in [-0.25, -0.2) is 0 Å². The number of carbonyl (C=O) groups excluding carboxylic acids is 2. The molecule has 144 valence electrons. The molecule has 3 N–H and O–H groups in total. The van der Waals surface area contributed by atoms with Gasteiger partial charge in [-0.3, -0.25) is 9.59 Å². The molecular weight excluding hydrogens is 354 g/mol. The quantitative estimate of drug-likeness (QED) is 0.707. The van der Waals surface area contributed by atoms with E-state index in [1.807, 2.05) is 6.92 Å². The van der Waals surface area contributed by atoms with E-state index in [0.717, 1.165) is 12.1 Å². The van der Waals surface area contributed by atoms with Gasteiger partial charge in [-0.05, 0) is 56.4 Å². The van der Waals surface area contributed by atoms with E-state index in [1.54, 1.807) is 24.3 Å². The van der Waals surface area contributed by atoms with Gasteiger partial charge in [0.25, 0.3) is 5.91 Å². The molecule has 1 saturated heterocycles. The van der Waals surface area contributed by atoms with Crippen molar-refractivity contribution in [2.45, 2.75) is 51.1 Å². The van der Waals surface area contributed by atoms with Crippen molar-refractivity contribution in [2.75, 3.05) is 18.5 Å². The van der Waals surface area contributed by atoms with Crippen LogP contribution in [0.3, 0.4) is 0 Å². The van der Waals surface area contributed by atoms with E-state index in [4.69, 9.17) is 4.74 Å². The number of benzene rings is 1. The van der Waals surface area contributed by atoms with Crippen LogP contribution < -0.4 is 20.7 Å². The fourth-order valence-corrected chi connectivity index (χ4v) is 3.78. The van der Waals surface area contributed by atoms with Gasteiger partial charge in [-0.2, -0.15) is 0 Å². The second kappa shape index (κ2) is 9.78. The van der Waals surface area contributed by atoms with Crippen molar-refractivity contribution in [3.63, 3.8) is 0 Å². The summed E-state index contributed by atoms with van der Waals surface area (Å²) < 4.78 is 5.41. The molecule has 0 aromatic heterocycles. The first kappa shape index (κ1) is 20.5. The van der Waals surface area contributed by atoms with E-state index in [9.17, 15) is 9.59 Å². The summed E-state index contributed by atoms with van der Waals surface area (Å²) in [6.45, 7) is 2.45. The zero-order chi connectivity index (χ0) is 17.6. The van der Waals surface area contributed by atoms with Crippen molar-refractivity contribution in [1.82, 2.24) is 10.6 Å². The van der Waals surface area contributed by atoms with Gasteiger partial charge in [-0.1, -0.05) is 12.8 Å². The molecule has 3 rings (SSSR count). The Bertz CT molecular complexity index is 595. The number of fused-ring (bicyclic) bond motifs is 1. The number of likely N-dealkylation sites (N-methyl/N-ethyl adjacent to an activating group) is 1. The Morgan fingerprint density at radius 3 is 2.62 bits per heavy atom. The molecule has 3 unspecified atom stereocenters. The summed E-state index contributed by atoms with van der Waals surface area (Å²) in [5, 5.41) is 9.14. The van der Waals surface area contributed by atoms with Gasteiger partial charge < -0.3 is 20.7 Å². The van der Waals surface area contributed by atoms with Crippen LogP contribution >= 0.6 is 12.4 Å². The molecule has 7 heteroatoms. The third kappa shape index (κ3) is 5.35.